The van der Waals surface area contributed by atoms with E-state index in [-0.39, 0.29) is 0 Å². The molecular formula is C19H33N3O2. The fourth-order valence-electron chi connectivity index (χ4n) is 2.08. The van der Waals surface area contributed by atoms with Crippen LogP contribution in [0.1, 0.15) is 38.3 Å². The molecule has 0 aliphatic carbocycles. The van der Waals surface area contributed by atoms with Gasteiger partial charge in [-0.2, -0.15) is 0 Å². The maximum atomic E-state index is 5.57. The van der Waals surface area contributed by atoms with Gasteiger partial charge in [-0.1, -0.05) is 38.1 Å². The molecule has 24 heavy (non-hydrogen) atoms. The van der Waals surface area contributed by atoms with Crippen LogP contribution in [0.2, 0.25) is 0 Å². The van der Waals surface area contributed by atoms with Crippen molar-refractivity contribution in [2.45, 2.75) is 40.3 Å². The number of aliphatic imine (C=N–C) groups is 1. The van der Waals surface area contributed by atoms with Gasteiger partial charge < -0.3 is 20.1 Å². The molecule has 1 aromatic carbocycles. The van der Waals surface area contributed by atoms with Gasteiger partial charge in [0.2, 0.25) is 0 Å². The molecule has 0 saturated heterocycles. The van der Waals surface area contributed by atoms with Crippen molar-refractivity contribution in [2.75, 3.05) is 33.4 Å². The first-order chi connectivity index (χ1) is 11.7. The first-order valence-corrected chi connectivity index (χ1v) is 8.83. The average molecular weight is 335 g/mol. The summed E-state index contributed by atoms with van der Waals surface area (Å²) in [6.07, 6.45) is 0.972. The highest BCUT2D eigenvalue weighted by atomic mass is 16.5. The van der Waals surface area contributed by atoms with Crippen LogP contribution < -0.4 is 10.6 Å². The van der Waals surface area contributed by atoms with Crippen molar-refractivity contribution in [3.05, 3.63) is 35.4 Å². The van der Waals surface area contributed by atoms with Crippen LogP contribution in [0.4, 0.5) is 0 Å². The van der Waals surface area contributed by atoms with Crippen LogP contribution >= 0.6 is 0 Å². The second-order valence-corrected chi connectivity index (χ2v) is 6.13. The van der Waals surface area contributed by atoms with Gasteiger partial charge in [0.15, 0.2) is 5.96 Å². The third-order valence-corrected chi connectivity index (χ3v) is 3.39. The number of hydrogen-bond acceptors (Lipinski definition) is 3. The molecule has 0 atom stereocenters. The summed E-state index contributed by atoms with van der Waals surface area (Å²) in [6.45, 7) is 11.0. The number of nitrogens with one attached hydrogen (secondary N) is 2. The molecule has 0 spiro atoms. The van der Waals surface area contributed by atoms with E-state index in [2.05, 4.69) is 53.7 Å². The maximum Gasteiger partial charge on any atom is 0.191 e. The third-order valence-electron chi connectivity index (χ3n) is 3.39. The van der Waals surface area contributed by atoms with Crippen molar-refractivity contribution in [3.8, 4) is 0 Å². The fourth-order valence-corrected chi connectivity index (χ4v) is 2.08. The van der Waals surface area contributed by atoms with Gasteiger partial charge in [0.25, 0.3) is 0 Å². The van der Waals surface area contributed by atoms with Gasteiger partial charge in [-0.15, -0.1) is 0 Å². The van der Waals surface area contributed by atoms with Crippen molar-refractivity contribution in [1.82, 2.24) is 10.6 Å². The van der Waals surface area contributed by atoms with Gasteiger partial charge in [-0.05, 0) is 30.4 Å². The van der Waals surface area contributed by atoms with E-state index in [9.17, 15) is 0 Å². The molecule has 0 aliphatic heterocycles. The molecule has 2 N–H and O–H groups in total. The Morgan fingerprint density at radius 2 is 1.79 bits per heavy atom. The molecule has 0 bridgehead atoms. The van der Waals surface area contributed by atoms with Gasteiger partial charge in [-0.3, -0.25) is 4.99 Å². The Morgan fingerprint density at radius 3 is 2.42 bits per heavy atom. The van der Waals surface area contributed by atoms with Crippen LogP contribution in [-0.2, 0) is 22.6 Å². The second-order valence-electron chi connectivity index (χ2n) is 6.13. The Bertz CT molecular complexity index is 458. The number of hydrogen-bond donors (Lipinski definition) is 2. The molecule has 0 unspecified atom stereocenters. The minimum absolute atomic E-state index is 0.590. The molecule has 0 aliphatic rings. The second kappa shape index (κ2) is 12.8. The van der Waals surface area contributed by atoms with E-state index in [1.807, 2.05) is 6.92 Å². The Kier molecular flexibility index (Phi) is 10.9. The molecule has 0 amide bonds. The highest BCUT2D eigenvalue weighted by Gasteiger charge is 2.00. The van der Waals surface area contributed by atoms with Crippen molar-refractivity contribution < 1.29 is 9.47 Å². The van der Waals surface area contributed by atoms with Crippen LogP contribution in [0.25, 0.3) is 0 Å². The van der Waals surface area contributed by atoms with Crippen LogP contribution in [0.5, 0.6) is 0 Å². The molecule has 0 aromatic heterocycles. The van der Waals surface area contributed by atoms with Crippen molar-refractivity contribution in [1.29, 1.82) is 0 Å². The molecule has 0 radical (unpaired) electrons. The normalized spacial score (nSPS) is 11.8. The molecule has 0 fully saturated rings. The predicted octanol–water partition coefficient (Wildman–Crippen LogP) is 2.95. The third kappa shape index (κ3) is 9.53. The number of nitrogens with zero attached hydrogens (tertiary/aromatic N) is 1. The standard InChI is InChI=1S/C19H33N3O2/c1-5-23-15-18-9-7-17(8-10-18)13-22-19(20-4)21-11-6-12-24-14-16(2)3/h7-10,16H,5-6,11-15H2,1-4H3,(H2,20,21,22). The summed E-state index contributed by atoms with van der Waals surface area (Å²) >= 11 is 0. The first kappa shape index (κ1) is 20.5. The van der Waals surface area contributed by atoms with E-state index in [1.165, 1.54) is 11.1 Å². The Morgan fingerprint density at radius 1 is 1.08 bits per heavy atom. The lowest BCUT2D eigenvalue weighted by molar-refractivity contribution is 0.108. The Hall–Kier alpha value is -1.59. The molecule has 0 saturated carbocycles. The zero-order chi connectivity index (χ0) is 17.6. The molecule has 5 heteroatoms. The smallest absolute Gasteiger partial charge is 0.191 e. The Labute approximate surface area is 146 Å². The van der Waals surface area contributed by atoms with E-state index in [4.69, 9.17) is 9.47 Å². The number of ether oxygens (including phenoxy) is 2. The molecule has 1 rings (SSSR count). The summed E-state index contributed by atoms with van der Waals surface area (Å²) in [7, 11) is 1.79. The highest BCUT2D eigenvalue weighted by Crippen LogP contribution is 2.05. The molecular weight excluding hydrogens is 302 g/mol. The van der Waals surface area contributed by atoms with Crippen LogP contribution in [0, 0.1) is 5.92 Å². The summed E-state index contributed by atoms with van der Waals surface area (Å²) in [5, 5.41) is 6.63. The zero-order valence-corrected chi connectivity index (χ0v) is 15.6. The minimum Gasteiger partial charge on any atom is -0.381 e. The molecule has 5 nitrogen and oxygen atoms in total. The van der Waals surface area contributed by atoms with Gasteiger partial charge in [-0.25, -0.2) is 0 Å². The number of guanidine groups is 1. The van der Waals surface area contributed by atoms with E-state index >= 15 is 0 Å². The summed E-state index contributed by atoms with van der Waals surface area (Å²) in [4.78, 5) is 4.24. The van der Waals surface area contributed by atoms with Crippen LogP contribution in [0.15, 0.2) is 29.3 Å². The summed E-state index contributed by atoms with van der Waals surface area (Å²) < 4.78 is 11.0. The molecule has 1 aromatic rings. The van der Waals surface area contributed by atoms with Crippen molar-refractivity contribution in [3.63, 3.8) is 0 Å². The average Bonchev–Trinajstić information content (AvgIpc) is 2.59. The Balaban J connectivity index is 2.21. The van der Waals surface area contributed by atoms with Gasteiger partial charge in [0.1, 0.15) is 0 Å². The summed E-state index contributed by atoms with van der Waals surface area (Å²) in [5.74, 6) is 1.41. The predicted molar refractivity (Wildman–Crippen MR) is 100 cm³/mol. The lowest BCUT2D eigenvalue weighted by atomic mass is 10.1. The summed E-state index contributed by atoms with van der Waals surface area (Å²) in [6, 6.07) is 8.45. The van der Waals surface area contributed by atoms with Gasteiger partial charge >= 0.3 is 0 Å². The largest absolute Gasteiger partial charge is 0.381 e. The lowest BCUT2D eigenvalue weighted by Crippen LogP contribution is -2.37. The first-order valence-electron chi connectivity index (χ1n) is 8.83. The molecule has 136 valence electrons. The minimum atomic E-state index is 0.590. The van der Waals surface area contributed by atoms with E-state index in [1.54, 1.807) is 7.05 Å². The quantitative estimate of drug-likeness (QED) is 0.371. The maximum absolute atomic E-state index is 5.57. The van der Waals surface area contributed by atoms with E-state index in [0.29, 0.717) is 12.5 Å². The van der Waals surface area contributed by atoms with E-state index < -0.39 is 0 Å². The SMILES string of the molecule is CCOCc1ccc(CNC(=NC)NCCCOCC(C)C)cc1. The topological polar surface area (TPSA) is 54.9 Å². The fraction of sp³-hybridized carbons (Fsp3) is 0.632. The van der Waals surface area contributed by atoms with Gasteiger partial charge in [0.05, 0.1) is 6.61 Å². The van der Waals surface area contributed by atoms with Gasteiger partial charge in [0, 0.05) is 40.0 Å². The number of rotatable bonds is 11. The van der Waals surface area contributed by atoms with Crippen molar-refractivity contribution in [2.24, 2.45) is 10.9 Å². The summed E-state index contributed by atoms with van der Waals surface area (Å²) in [5.41, 5.74) is 2.42. The lowest BCUT2D eigenvalue weighted by Gasteiger charge is -2.12. The zero-order valence-electron chi connectivity index (χ0n) is 15.6. The molecule has 0 heterocycles. The van der Waals surface area contributed by atoms with E-state index in [0.717, 1.165) is 45.3 Å². The monoisotopic (exact) mass is 335 g/mol. The van der Waals surface area contributed by atoms with Crippen LogP contribution in [0.3, 0.4) is 0 Å². The van der Waals surface area contributed by atoms with Crippen molar-refractivity contribution >= 4 is 5.96 Å². The highest BCUT2D eigenvalue weighted by molar-refractivity contribution is 5.79. The van der Waals surface area contributed by atoms with Crippen LogP contribution in [-0.4, -0.2) is 39.4 Å². The number of benzene rings is 1.